The third kappa shape index (κ3) is 6.72. The maximum atomic E-state index is 14.3. The zero-order chi connectivity index (χ0) is 29.8. The highest BCUT2D eigenvalue weighted by molar-refractivity contribution is 6.31. The Balaban J connectivity index is 1.29. The lowest BCUT2D eigenvalue weighted by atomic mass is 9.91. The van der Waals surface area contributed by atoms with Crippen LogP contribution in [0.15, 0.2) is 72.8 Å². The quantitative estimate of drug-likeness (QED) is 0.289. The molecule has 0 spiro atoms. The van der Waals surface area contributed by atoms with Gasteiger partial charge in [-0.15, -0.1) is 0 Å². The van der Waals surface area contributed by atoms with Crippen LogP contribution in [0.1, 0.15) is 35.3 Å². The van der Waals surface area contributed by atoms with Crippen LogP contribution in [0.25, 0.3) is 10.9 Å². The standard InChI is InChI=1S/C34H37ClN4O4/c1-23(40)36-31(21-24-5-3-2-4-6-24)34(41)39-14-13-28-29-22-26(35)9-12-30(29)37-32(28)33(39)25-7-10-27(11-8-25)43-20-17-38-15-18-42-19-16-38/h2-12,22,31,33,37H,13-21H2,1H3,(H,36,40). The Bertz CT molecular complexity index is 1570. The maximum Gasteiger partial charge on any atom is 0.246 e. The molecule has 0 aliphatic carbocycles. The molecule has 0 bridgehead atoms. The monoisotopic (exact) mass is 600 g/mol. The second-order valence-electron chi connectivity index (χ2n) is 11.2. The Hall–Kier alpha value is -3.85. The van der Waals surface area contributed by atoms with Gasteiger partial charge in [-0.25, -0.2) is 0 Å². The third-order valence-electron chi connectivity index (χ3n) is 8.31. The van der Waals surface area contributed by atoms with E-state index in [9.17, 15) is 9.59 Å². The predicted octanol–water partition coefficient (Wildman–Crippen LogP) is 4.75. The molecule has 0 saturated carbocycles. The van der Waals surface area contributed by atoms with E-state index in [1.807, 2.05) is 77.7 Å². The molecule has 43 heavy (non-hydrogen) atoms. The van der Waals surface area contributed by atoms with E-state index in [2.05, 4.69) is 15.2 Å². The van der Waals surface area contributed by atoms with Crippen LogP contribution < -0.4 is 10.1 Å². The molecule has 2 aliphatic rings. The fourth-order valence-corrected chi connectivity index (χ4v) is 6.38. The molecule has 8 nitrogen and oxygen atoms in total. The van der Waals surface area contributed by atoms with Crippen molar-refractivity contribution in [1.29, 1.82) is 0 Å². The number of carbonyl (C=O) groups is 2. The number of amides is 2. The molecular weight excluding hydrogens is 564 g/mol. The Morgan fingerprint density at radius 3 is 2.56 bits per heavy atom. The Morgan fingerprint density at radius 2 is 1.81 bits per heavy atom. The topological polar surface area (TPSA) is 86.9 Å². The minimum absolute atomic E-state index is 0.114. The summed E-state index contributed by atoms with van der Waals surface area (Å²) in [5.74, 6) is 0.439. The maximum absolute atomic E-state index is 14.3. The number of benzene rings is 3. The minimum Gasteiger partial charge on any atom is -0.492 e. The van der Waals surface area contributed by atoms with Gasteiger partial charge in [0.15, 0.2) is 0 Å². The molecule has 2 N–H and O–H groups in total. The van der Waals surface area contributed by atoms with E-state index >= 15 is 0 Å². The number of aromatic nitrogens is 1. The second-order valence-corrected chi connectivity index (χ2v) is 11.6. The average molecular weight is 601 g/mol. The number of ether oxygens (including phenoxy) is 2. The van der Waals surface area contributed by atoms with E-state index in [1.54, 1.807) is 0 Å². The Labute approximate surface area is 256 Å². The number of H-pyrrole nitrogens is 1. The first-order valence-corrected chi connectivity index (χ1v) is 15.3. The van der Waals surface area contributed by atoms with Crippen LogP contribution >= 0.6 is 11.6 Å². The van der Waals surface area contributed by atoms with Gasteiger partial charge in [-0.2, -0.15) is 0 Å². The summed E-state index contributed by atoms with van der Waals surface area (Å²) in [4.78, 5) is 34.4. The lowest BCUT2D eigenvalue weighted by molar-refractivity contribution is -0.138. The van der Waals surface area contributed by atoms with Crippen molar-refractivity contribution in [2.45, 2.75) is 31.8 Å². The van der Waals surface area contributed by atoms with Gasteiger partial charge in [0.25, 0.3) is 0 Å². The molecule has 1 fully saturated rings. The first-order valence-electron chi connectivity index (χ1n) is 14.9. The van der Waals surface area contributed by atoms with Gasteiger partial charge in [-0.05, 0) is 53.4 Å². The van der Waals surface area contributed by atoms with Crippen molar-refractivity contribution in [1.82, 2.24) is 20.1 Å². The van der Waals surface area contributed by atoms with Crippen LogP contribution in [0.4, 0.5) is 0 Å². The van der Waals surface area contributed by atoms with Crippen LogP contribution in [0.2, 0.25) is 5.02 Å². The molecule has 1 saturated heterocycles. The smallest absolute Gasteiger partial charge is 0.246 e. The van der Waals surface area contributed by atoms with Crippen molar-refractivity contribution >= 4 is 34.3 Å². The average Bonchev–Trinajstić information content (AvgIpc) is 3.39. The van der Waals surface area contributed by atoms with Gasteiger partial charge in [0, 0.05) is 61.1 Å². The molecule has 2 atom stereocenters. The SMILES string of the molecule is CC(=O)NC(Cc1ccccc1)C(=O)N1CCc2c([nH]c3ccc(Cl)cc23)C1c1ccc(OCCN2CCOCC2)cc1. The lowest BCUT2D eigenvalue weighted by Crippen LogP contribution is -2.52. The molecular formula is C34H37ClN4O4. The summed E-state index contributed by atoms with van der Waals surface area (Å²) in [7, 11) is 0. The van der Waals surface area contributed by atoms with Gasteiger partial charge < -0.3 is 24.7 Å². The largest absolute Gasteiger partial charge is 0.492 e. The number of hydrogen-bond donors (Lipinski definition) is 2. The van der Waals surface area contributed by atoms with E-state index in [4.69, 9.17) is 21.1 Å². The summed E-state index contributed by atoms with van der Waals surface area (Å²) in [5.41, 5.74) is 5.08. The van der Waals surface area contributed by atoms with E-state index < -0.39 is 6.04 Å². The van der Waals surface area contributed by atoms with E-state index in [-0.39, 0.29) is 17.9 Å². The van der Waals surface area contributed by atoms with Gasteiger partial charge in [0.05, 0.1) is 19.3 Å². The molecule has 0 radical (unpaired) electrons. The van der Waals surface area contributed by atoms with Gasteiger partial charge in [-0.3, -0.25) is 14.5 Å². The normalized spacial score (nSPS) is 17.8. The number of rotatable bonds is 9. The molecule has 9 heteroatoms. The summed E-state index contributed by atoms with van der Waals surface area (Å²) in [5, 5.41) is 4.68. The zero-order valence-corrected chi connectivity index (χ0v) is 25.1. The van der Waals surface area contributed by atoms with E-state index in [1.165, 1.54) is 6.92 Å². The molecule has 3 heterocycles. The number of morpholine rings is 1. The Morgan fingerprint density at radius 1 is 1.05 bits per heavy atom. The van der Waals surface area contributed by atoms with Crippen molar-refractivity contribution in [2.24, 2.45) is 0 Å². The lowest BCUT2D eigenvalue weighted by Gasteiger charge is -2.38. The van der Waals surface area contributed by atoms with Crippen LogP contribution in [0, 0.1) is 0 Å². The number of carbonyl (C=O) groups excluding carboxylic acids is 2. The van der Waals surface area contributed by atoms with Crippen molar-refractivity contribution < 1.29 is 19.1 Å². The number of nitrogens with one attached hydrogen (secondary N) is 2. The molecule has 3 aromatic carbocycles. The van der Waals surface area contributed by atoms with Crippen molar-refractivity contribution in [3.8, 4) is 5.75 Å². The number of hydrogen-bond acceptors (Lipinski definition) is 5. The Kier molecular flexibility index (Phi) is 8.98. The fourth-order valence-electron chi connectivity index (χ4n) is 6.20. The highest BCUT2D eigenvalue weighted by atomic mass is 35.5. The van der Waals surface area contributed by atoms with Crippen LogP contribution in [0.3, 0.4) is 0 Å². The van der Waals surface area contributed by atoms with Gasteiger partial charge in [0.1, 0.15) is 18.4 Å². The van der Waals surface area contributed by atoms with Crippen molar-refractivity contribution in [3.63, 3.8) is 0 Å². The summed E-state index contributed by atoms with van der Waals surface area (Å²) in [6, 6.07) is 22.6. The van der Waals surface area contributed by atoms with Gasteiger partial charge in [0.2, 0.25) is 11.8 Å². The first kappa shape index (κ1) is 29.2. The zero-order valence-electron chi connectivity index (χ0n) is 24.4. The molecule has 2 amide bonds. The number of aromatic amines is 1. The molecule has 224 valence electrons. The van der Waals surface area contributed by atoms with Crippen LogP contribution in [0.5, 0.6) is 5.75 Å². The minimum atomic E-state index is -0.689. The number of halogens is 1. The molecule has 2 aliphatic heterocycles. The first-order chi connectivity index (χ1) is 21.0. The highest BCUT2D eigenvalue weighted by Gasteiger charge is 2.37. The second kappa shape index (κ2) is 13.2. The van der Waals surface area contributed by atoms with Crippen molar-refractivity contribution in [3.05, 3.63) is 100 Å². The molecule has 4 aromatic rings. The number of nitrogens with zero attached hydrogens (tertiary/aromatic N) is 2. The summed E-state index contributed by atoms with van der Waals surface area (Å²) in [6.45, 7) is 6.80. The van der Waals surface area contributed by atoms with E-state index in [0.29, 0.717) is 31.0 Å². The summed E-state index contributed by atoms with van der Waals surface area (Å²) >= 11 is 6.38. The van der Waals surface area contributed by atoms with E-state index in [0.717, 1.165) is 71.9 Å². The molecule has 1 aromatic heterocycles. The van der Waals surface area contributed by atoms with Gasteiger partial charge in [-0.1, -0.05) is 54.1 Å². The number of fused-ring (bicyclic) bond motifs is 3. The van der Waals surface area contributed by atoms with Gasteiger partial charge >= 0.3 is 0 Å². The van der Waals surface area contributed by atoms with Crippen LogP contribution in [-0.4, -0.2) is 78.6 Å². The summed E-state index contributed by atoms with van der Waals surface area (Å²) < 4.78 is 11.5. The molecule has 6 rings (SSSR count). The molecule has 2 unspecified atom stereocenters. The summed E-state index contributed by atoms with van der Waals surface area (Å²) in [6.07, 6.45) is 1.09. The van der Waals surface area contributed by atoms with Crippen LogP contribution in [-0.2, 0) is 27.2 Å². The van der Waals surface area contributed by atoms with Crippen molar-refractivity contribution in [2.75, 3.05) is 46.0 Å². The highest BCUT2D eigenvalue weighted by Crippen LogP contribution is 2.40. The fraction of sp³-hybridized carbons (Fsp3) is 0.353. The third-order valence-corrected chi connectivity index (χ3v) is 8.54. The predicted molar refractivity (Wildman–Crippen MR) is 168 cm³/mol.